The summed E-state index contributed by atoms with van der Waals surface area (Å²) in [7, 11) is 0. The quantitative estimate of drug-likeness (QED) is 0.865. The van der Waals surface area contributed by atoms with Crippen molar-refractivity contribution in [1.82, 2.24) is 5.32 Å². The molecule has 20 heavy (non-hydrogen) atoms. The van der Waals surface area contributed by atoms with Crippen LogP contribution in [-0.2, 0) is 4.79 Å². The number of furan rings is 1. The minimum absolute atomic E-state index is 0.296. The molecule has 0 aromatic carbocycles. The van der Waals surface area contributed by atoms with Crippen molar-refractivity contribution in [3.05, 3.63) is 23.7 Å². The number of rotatable bonds is 5. The van der Waals surface area contributed by atoms with Crippen LogP contribution in [0.15, 0.2) is 16.7 Å². The first-order chi connectivity index (χ1) is 9.58. The first-order valence-corrected chi connectivity index (χ1v) is 7.22. The van der Waals surface area contributed by atoms with E-state index in [4.69, 9.17) is 10.2 Å². The molecule has 5 heteroatoms. The zero-order valence-corrected chi connectivity index (χ0v) is 11.9. The fourth-order valence-electron chi connectivity index (χ4n) is 2.86. The zero-order valence-electron chi connectivity index (χ0n) is 11.9. The van der Waals surface area contributed by atoms with Crippen molar-refractivity contribution in [3.63, 3.8) is 0 Å². The van der Waals surface area contributed by atoms with Crippen LogP contribution in [0.5, 0.6) is 0 Å². The highest BCUT2D eigenvalue weighted by atomic mass is 16.3. The maximum atomic E-state index is 12.1. The van der Waals surface area contributed by atoms with Crippen LogP contribution in [0, 0.1) is 12.8 Å². The van der Waals surface area contributed by atoms with E-state index in [1.54, 1.807) is 13.0 Å². The number of carbonyl (C=O) groups is 2. The van der Waals surface area contributed by atoms with Gasteiger partial charge in [-0.1, -0.05) is 32.1 Å². The highest BCUT2D eigenvalue weighted by Crippen LogP contribution is 2.27. The van der Waals surface area contributed by atoms with Gasteiger partial charge in [0.15, 0.2) is 0 Å². The van der Waals surface area contributed by atoms with E-state index in [0.717, 1.165) is 12.8 Å². The molecule has 0 saturated heterocycles. The number of primary amides is 1. The molecule has 1 saturated carbocycles. The number of carbonyl (C=O) groups excluding carboxylic acids is 2. The Balaban J connectivity index is 1.96. The summed E-state index contributed by atoms with van der Waals surface area (Å²) in [5.41, 5.74) is 5.87. The van der Waals surface area contributed by atoms with Gasteiger partial charge < -0.3 is 15.5 Å². The summed E-state index contributed by atoms with van der Waals surface area (Å²) in [6, 6.07) is 1.00. The second kappa shape index (κ2) is 6.59. The Kier molecular flexibility index (Phi) is 4.82. The number of amides is 2. The predicted octanol–water partition coefficient (Wildman–Crippen LogP) is 2.14. The number of hydrogen-bond acceptors (Lipinski definition) is 3. The molecule has 1 fully saturated rings. The van der Waals surface area contributed by atoms with E-state index < -0.39 is 11.9 Å². The van der Waals surface area contributed by atoms with E-state index >= 15 is 0 Å². The SMILES string of the molecule is Cc1occc1C(=O)N[C@@H](CC1CCCCC1)C(N)=O. The highest BCUT2D eigenvalue weighted by Gasteiger charge is 2.25. The average molecular weight is 278 g/mol. The lowest BCUT2D eigenvalue weighted by Gasteiger charge is -2.25. The summed E-state index contributed by atoms with van der Waals surface area (Å²) in [4.78, 5) is 23.7. The van der Waals surface area contributed by atoms with E-state index in [1.807, 2.05) is 0 Å². The molecular formula is C15H22N2O3. The summed E-state index contributed by atoms with van der Waals surface area (Å²) >= 11 is 0. The topological polar surface area (TPSA) is 85.3 Å². The summed E-state index contributed by atoms with van der Waals surface area (Å²) in [5.74, 6) is 0.260. The maximum absolute atomic E-state index is 12.1. The Bertz CT molecular complexity index is 475. The lowest BCUT2D eigenvalue weighted by Crippen LogP contribution is -2.45. The van der Waals surface area contributed by atoms with Crippen molar-refractivity contribution in [3.8, 4) is 0 Å². The second-order valence-corrected chi connectivity index (χ2v) is 5.56. The van der Waals surface area contributed by atoms with Crippen LogP contribution in [-0.4, -0.2) is 17.9 Å². The van der Waals surface area contributed by atoms with Gasteiger partial charge in [-0.05, 0) is 25.3 Å². The maximum Gasteiger partial charge on any atom is 0.255 e. The molecule has 2 rings (SSSR count). The molecule has 1 aromatic rings. The Morgan fingerprint density at radius 2 is 2.10 bits per heavy atom. The van der Waals surface area contributed by atoms with Crippen molar-refractivity contribution in [2.75, 3.05) is 0 Å². The number of nitrogens with one attached hydrogen (secondary N) is 1. The molecule has 0 spiro atoms. The normalized spacial score (nSPS) is 17.6. The van der Waals surface area contributed by atoms with Crippen LogP contribution < -0.4 is 11.1 Å². The molecule has 1 aliphatic rings. The van der Waals surface area contributed by atoms with E-state index in [9.17, 15) is 9.59 Å². The first-order valence-electron chi connectivity index (χ1n) is 7.22. The Labute approximate surface area is 118 Å². The van der Waals surface area contributed by atoms with E-state index in [-0.39, 0.29) is 5.91 Å². The molecule has 3 N–H and O–H groups in total. The van der Waals surface area contributed by atoms with E-state index in [1.165, 1.54) is 25.5 Å². The van der Waals surface area contributed by atoms with Crippen molar-refractivity contribution in [2.45, 2.75) is 51.5 Å². The molecule has 1 aliphatic carbocycles. The van der Waals surface area contributed by atoms with Crippen LogP contribution in [0.3, 0.4) is 0 Å². The second-order valence-electron chi connectivity index (χ2n) is 5.56. The summed E-state index contributed by atoms with van der Waals surface area (Å²) in [6.07, 6.45) is 7.99. The van der Waals surface area contributed by atoms with Gasteiger partial charge in [0.25, 0.3) is 5.91 Å². The minimum Gasteiger partial charge on any atom is -0.469 e. The van der Waals surface area contributed by atoms with Crippen LogP contribution in [0.2, 0.25) is 0 Å². The zero-order chi connectivity index (χ0) is 14.5. The molecular weight excluding hydrogens is 256 g/mol. The molecule has 5 nitrogen and oxygen atoms in total. The van der Waals surface area contributed by atoms with Crippen LogP contribution in [0.25, 0.3) is 0 Å². The number of nitrogens with two attached hydrogens (primary N) is 1. The monoisotopic (exact) mass is 278 g/mol. The molecule has 110 valence electrons. The predicted molar refractivity (Wildman–Crippen MR) is 75.1 cm³/mol. The molecule has 0 unspecified atom stereocenters. The van der Waals surface area contributed by atoms with Gasteiger partial charge in [-0.15, -0.1) is 0 Å². The van der Waals surface area contributed by atoms with Crippen molar-refractivity contribution >= 4 is 11.8 Å². The average Bonchev–Trinajstić information content (AvgIpc) is 2.85. The van der Waals surface area contributed by atoms with Crippen LogP contribution >= 0.6 is 0 Å². The summed E-state index contributed by atoms with van der Waals surface area (Å²) < 4.78 is 5.10. The summed E-state index contributed by atoms with van der Waals surface area (Å²) in [5, 5.41) is 2.73. The fraction of sp³-hybridized carbons (Fsp3) is 0.600. The van der Waals surface area contributed by atoms with Gasteiger partial charge >= 0.3 is 0 Å². The van der Waals surface area contributed by atoms with E-state index in [0.29, 0.717) is 23.7 Å². The summed E-state index contributed by atoms with van der Waals surface area (Å²) in [6.45, 7) is 1.72. The van der Waals surface area contributed by atoms with Crippen molar-refractivity contribution < 1.29 is 14.0 Å². The van der Waals surface area contributed by atoms with Gasteiger partial charge in [0.05, 0.1) is 11.8 Å². The van der Waals surface area contributed by atoms with Gasteiger partial charge in [-0.25, -0.2) is 0 Å². The molecule has 1 aromatic heterocycles. The Morgan fingerprint density at radius 1 is 1.40 bits per heavy atom. The Morgan fingerprint density at radius 3 is 2.65 bits per heavy atom. The molecule has 0 aliphatic heterocycles. The van der Waals surface area contributed by atoms with Gasteiger partial charge in [0.1, 0.15) is 11.8 Å². The molecule has 2 amide bonds. The number of aryl methyl sites for hydroxylation is 1. The number of hydrogen-bond donors (Lipinski definition) is 2. The van der Waals surface area contributed by atoms with Gasteiger partial charge in [0, 0.05) is 0 Å². The van der Waals surface area contributed by atoms with Gasteiger partial charge in [-0.2, -0.15) is 0 Å². The minimum atomic E-state index is -0.597. The third kappa shape index (κ3) is 3.62. The molecule has 1 atom stereocenters. The Hall–Kier alpha value is -1.78. The lowest BCUT2D eigenvalue weighted by atomic mass is 9.84. The molecule has 0 bridgehead atoms. The standard InChI is InChI=1S/C15H22N2O3/c1-10-12(7-8-20-10)15(19)17-13(14(16)18)9-11-5-3-2-4-6-11/h7-8,11,13H,2-6,9H2,1H3,(H2,16,18)(H,17,19)/t13-/m0/s1. The van der Waals surface area contributed by atoms with Crippen LogP contribution in [0.1, 0.15) is 54.6 Å². The van der Waals surface area contributed by atoms with Crippen LogP contribution in [0.4, 0.5) is 0 Å². The highest BCUT2D eigenvalue weighted by molar-refractivity contribution is 5.97. The fourth-order valence-corrected chi connectivity index (χ4v) is 2.86. The molecule has 0 radical (unpaired) electrons. The first kappa shape index (κ1) is 14.6. The third-order valence-corrected chi connectivity index (χ3v) is 4.05. The van der Waals surface area contributed by atoms with Gasteiger partial charge in [0.2, 0.25) is 5.91 Å². The van der Waals surface area contributed by atoms with E-state index in [2.05, 4.69) is 5.32 Å². The smallest absolute Gasteiger partial charge is 0.255 e. The third-order valence-electron chi connectivity index (χ3n) is 4.05. The van der Waals surface area contributed by atoms with Crippen molar-refractivity contribution in [1.29, 1.82) is 0 Å². The lowest BCUT2D eigenvalue weighted by molar-refractivity contribution is -0.120. The largest absolute Gasteiger partial charge is 0.469 e. The van der Waals surface area contributed by atoms with Gasteiger partial charge in [-0.3, -0.25) is 9.59 Å². The molecule has 1 heterocycles. The van der Waals surface area contributed by atoms with Crippen molar-refractivity contribution in [2.24, 2.45) is 11.7 Å².